The third kappa shape index (κ3) is 5.58. The maximum absolute atomic E-state index is 5.37. The SMILES string of the molecule is CN=C(NCc1ccc(N2CCSCC2)cc1)N1CCN(c2cccc(OC)c2)CC1. The molecule has 6 nitrogen and oxygen atoms in total. The Morgan fingerprint density at radius 1 is 0.935 bits per heavy atom. The molecule has 0 atom stereocenters. The van der Waals surface area contributed by atoms with Gasteiger partial charge in [-0.2, -0.15) is 11.8 Å². The van der Waals surface area contributed by atoms with Crippen LogP contribution in [0.1, 0.15) is 5.56 Å². The number of rotatable bonds is 5. The van der Waals surface area contributed by atoms with Gasteiger partial charge in [0.05, 0.1) is 7.11 Å². The van der Waals surface area contributed by atoms with E-state index in [1.54, 1.807) is 7.11 Å². The summed E-state index contributed by atoms with van der Waals surface area (Å²) in [6.07, 6.45) is 0. The van der Waals surface area contributed by atoms with Crippen LogP contribution in [-0.4, -0.2) is 75.8 Å². The molecule has 0 spiro atoms. The predicted molar refractivity (Wildman–Crippen MR) is 133 cm³/mol. The standard InChI is InChI=1S/C24H33N5OS/c1-25-24(26-19-20-6-8-21(9-7-20)28-14-16-31-17-15-28)29-12-10-27(11-13-29)22-4-3-5-23(18-22)30-2/h3-9,18H,10-17,19H2,1-2H3,(H,25,26). The fourth-order valence-electron chi connectivity index (χ4n) is 4.14. The maximum atomic E-state index is 5.37. The Balaban J connectivity index is 1.28. The molecule has 7 heteroatoms. The minimum Gasteiger partial charge on any atom is -0.497 e. The minimum absolute atomic E-state index is 0.791. The fourth-order valence-corrected chi connectivity index (χ4v) is 5.05. The van der Waals surface area contributed by atoms with E-state index >= 15 is 0 Å². The number of benzene rings is 2. The number of methoxy groups -OCH3 is 1. The zero-order chi connectivity index (χ0) is 21.5. The summed E-state index contributed by atoms with van der Waals surface area (Å²) in [4.78, 5) is 11.8. The number of nitrogens with zero attached hydrogens (tertiary/aromatic N) is 4. The van der Waals surface area contributed by atoms with Crippen molar-refractivity contribution in [1.29, 1.82) is 0 Å². The Hall–Kier alpha value is -2.54. The number of hydrogen-bond donors (Lipinski definition) is 1. The maximum Gasteiger partial charge on any atom is 0.194 e. The van der Waals surface area contributed by atoms with Gasteiger partial charge in [-0.3, -0.25) is 4.99 Å². The van der Waals surface area contributed by atoms with Crippen LogP contribution >= 0.6 is 11.8 Å². The molecule has 2 heterocycles. The van der Waals surface area contributed by atoms with E-state index in [1.807, 2.05) is 24.9 Å². The highest BCUT2D eigenvalue weighted by Crippen LogP contribution is 2.22. The first-order valence-corrected chi connectivity index (χ1v) is 12.2. The van der Waals surface area contributed by atoms with E-state index in [2.05, 4.69) is 67.5 Å². The molecule has 0 amide bonds. The molecule has 2 aromatic rings. The quantitative estimate of drug-likeness (QED) is 0.570. The molecule has 0 radical (unpaired) electrons. The van der Waals surface area contributed by atoms with Gasteiger partial charge in [0.1, 0.15) is 5.75 Å². The molecule has 0 aromatic heterocycles. The van der Waals surface area contributed by atoms with Crippen molar-refractivity contribution in [2.45, 2.75) is 6.54 Å². The summed E-state index contributed by atoms with van der Waals surface area (Å²) in [5.74, 6) is 4.33. The van der Waals surface area contributed by atoms with Gasteiger partial charge in [-0.05, 0) is 29.8 Å². The van der Waals surface area contributed by atoms with Crippen molar-refractivity contribution >= 4 is 29.1 Å². The lowest BCUT2D eigenvalue weighted by Gasteiger charge is -2.37. The van der Waals surface area contributed by atoms with Crippen molar-refractivity contribution in [3.05, 3.63) is 54.1 Å². The zero-order valence-corrected chi connectivity index (χ0v) is 19.4. The van der Waals surface area contributed by atoms with Gasteiger partial charge in [0.25, 0.3) is 0 Å². The van der Waals surface area contributed by atoms with Gasteiger partial charge in [-0.15, -0.1) is 0 Å². The predicted octanol–water partition coefficient (Wildman–Crippen LogP) is 3.15. The summed E-state index contributed by atoms with van der Waals surface area (Å²) in [6, 6.07) is 17.3. The average molecular weight is 440 g/mol. The highest BCUT2D eigenvalue weighted by molar-refractivity contribution is 7.99. The van der Waals surface area contributed by atoms with Gasteiger partial charge in [-0.25, -0.2) is 0 Å². The van der Waals surface area contributed by atoms with Crippen LogP contribution < -0.4 is 19.9 Å². The van der Waals surface area contributed by atoms with Crippen LogP contribution in [0.2, 0.25) is 0 Å². The average Bonchev–Trinajstić information content (AvgIpc) is 2.86. The number of thioether (sulfide) groups is 1. The second kappa shape index (κ2) is 10.7. The fraction of sp³-hybridized carbons (Fsp3) is 0.458. The molecule has 4 rings (SSSR count). The number of piperazine rings is 1. The second-order valence-electron chi connectivity index (χ2n) is 7.84. The Bertz CT molecular complexity index is 859. The van der Waals surface area contributed by atoms with Crippen molar-refractivity contribution in [1.82, 2.24) is 10.2 Å². The topological polar surface area (TPSA) is 43.3 Å². The van der Waals surface area contributed by atoms with Crippen molar-refractivity contribution in [3.63, 3.8) is 0 Å². The largest absolute Gasteiger partial charge is 0.497 e. The number of hydrogen-bond acceptors (Lipinski definition) is 5. The van der Waals surface area contributed by atoms with E-state index in [0.29, 0.717) is 0 Å². The molecule has 1 N–H and O–H groups in total. The Morgan fingerprint density at radius 2 is 1.65 bits per heavy atom. The first-order valence-electron chi connectivity index (χ1n) is 11.0. The lowest BCUT2D eigenvalue weighted by Crippen LogP contribution is -2.52. The van der Waals surface area contributed by atoms with E-state index in [0.717, 1.165) is 57.5 Å². The van der Waals surface area contributed by atoms with Crippen LogP contribution in [0, 0.1) is 0 Å². The van der Waals surface area contributed by atoms with Crippen LogP contribution in [0.5, 0.6) is 5.75 Å². The summed E-state index contributed by atoms with van der Waals surface area (Å²) in [6.45, 7) is 6.92. The van der Waals surface area contributed by atoms with Crippen molar-refractivity contribution in [2.24, 2.45) is 4.99 Å². The Labute approximate surface area is 190 Å². The van der Waals surface area contributed by atoms with Crippen LogP contribution in [0.25, 0.3) is 0 Å². The summed E-state index contributed by atoms with van der Waals surface area (Å²) in [5, 5.41) is 3.55. The highest BCUT2D eigenvalue weighted by atomic mass is 32.2. The van der Waals surface area contributed by atoms with Crippen molar-refractivity contribution in [3.8, 4) is 5.75 Å². The van der Waals surface area contributed by atoms with Crippen LogP contribution in [0.4, 0.5) is 11.4 Å². The van der Waals surface area contributed by atoms with Gasteiger partial charge in [0.15, 0.2) is 5.96 Å². The first kappa shape index (κ1) is 21.7. The van der Waals surface area contributed by atoms with Gasteiger partial charge >= 0.3 is 0 Å². The second-order valence-corrected chi connectivity index (χ2v) is 9.07. The molecule has 2 fully saturated rings. The molecule has 0 saturated carbocycles. The molecule has 2 aliphatic heterocycles. The van der Waals surface area contributed by atoms with Crippen LogP contribution in [-0.2, 0) is 6.54 Å². The zero-order valence-electron chi connectivity index (χ0n) is 18.6. The molecule has 0 bridgehead atoms. The van der Waals surface area contributed by atoms with Gasteiger partial charge < -0.3 is 24.8 Å². The van der Waals surface area contributed by atoms with E-state index in [-0.39, 0.29) is 0 Å². The molecule has 2 saturated heterocycles. The van der Waals surface area contributed by atoms with E-state index in [4.69, 9.17) is 4.74 Å². The number of aliphatic imine (C=N–C) groups is 1. The van der Waals surface area contributed by atoms with Gasteiger partial charge in [-0.1, -0.05) is 18.2 Å². The monoisotopic (exact) mass is 439 g/mol. The normalized spacial score (nSPS) is 17.6. The Kier molecular flexibility index (Phi) is 7.46. The highest BCUT2D eigenvalue weighted by Gasteiger charge is 2.20. The van der Waals surface area contributed by atoms with E-state index < -0.39 is 0 Å². The molecule has 31 heavy (non-hydrogen) atoms. The summed E-state index contributed by atoms with van der Waals surface area (Å²) in [7, 11) is 3.58. The minimum atomic E-state index is 0.791. The lowest BCUT2D eigenvalue weighted by molar-refractivity contribution is 0.372. The summed E-state index contributed by atoms with van der Waals surface area (Å²) in [5.41, 5.74) is 3.84. The number of anilines is 2. The summed E-state index contributed by atoms with van der Waals surface area (Å²) >= 11 is 2.05. The molecule has 0 unspecified atom stereocenters. The number of ether oxygens (including phenoxy) is 1. The van der Waals surface area contributed by atoms with Crippen LogP contribution in [0.15, 0.2) is 53.5 Å². The molecule has 166 valence electrons. The van der Waals surface area contributed by atoms with Gasteiger partial charge in [0, 0.05) is 81.8 Å². The van der Waals surface area contributed by atoms with Crippen molar-refractivity contribution in [2.75, 3.05) is 74.7 Å². The number of nitrogens with one attached hydrogen (secondary N) is 1. The molecular weight excluding hydrogens is 406 g/mol. The lowest BCUT2D eigenvalue weighted by atomic mass is 10.2. The molecule has 2 aromatic carbocycles. The summed E-state index contributed by atoms with van der Waals surface area (Å²) < 4.78 is 5.37. The van der Waals surface area contributed by atoms with Crippen LogP contribution in [0.3, 0.4) is 0 Å². The smallest absolute Gasteiger partial charge is 0.194 e. The third-order valence-electron chi connectivity index (χ3n) is 5.97. The van der Waals surface area contributed by atoms with Crippen molar-refractivity contribution < 1.29 is 4.74 Å². The molecule has 0 aliphatic carbocycles. The first-order chi connectivity index (χ1) is 15.3. The van der Waals surface area contributed by atoms with E-state index in [9.17, 15) is 0 Å². The Morgan fingerprint density at radius 3 is 2.32 bits per heavy atom. The third-order valence-corrected chi connectivity index (χ3v) is 6.92. The molecular formula is C24H33N5OS. The number of guanidine groups is 1. The van der Waals surface area contributed by atoms with Gasteiger partial charge in [0.2, 0.25) is 0 Å². The van der Waals surface area contributed by atoms with E-state index in [1.165, 1.54) is 28.4 Å². The molecule has 2 aliphatic rings.